The number of unbranched alkanes of at least 4 members (excludes halogenated alkanes) is 1. The monoisotopic (exact) mass is 1810 g/mol. The molecule has 1 saturated heterocycles. The zero-order valence-corrected chi connectivity index (χ0v) is 71.3. The standard InChI is InChI=1S/C76H118N22O23.Tc/c1-38(2)31-50(69(114)87-46(13-9-10-27-77)65(110)85-36-60(106)82-28-12-29-83-64(109)44-17-25-59(97-81)84-35-44)91-70(115)51(32-39(3)4)93-75(120)63(41(7)100)96-72(117)52(33-43-15-18-45(102)19-16-43)92-73(118)55-14-11-30-98(55)76(121)54(37-99)94-74(119)62(40(5)6)95-68(113)48(21-24-57(79)104)88-67(112)49(22-26-61(107)108)89-66(111)47(20-23-56(78)103)90-71(116)53(34-58(80)105)86-42(8)101;/h15-19,25,35,38-41,46-55,62-63,81,99-100,102H,9-14,20-24,26-34,36-37,77H2,1-8H3,(H2,78,103)(H2,79,104)(H2,80,105)(H,82,106)(H,83,109)(H,85,110)(H,86,101)(H,87,114)(H,88,112)(H,89,111)(H,90,116)(H,91,115)(H,92,118)(H,93,120)(H,94,119)(H,95,113)(H,96,117)(H,107,108);/t41-,46+,47+,48+,49+,50+,51+,52+,53+,54+,55+,62+,63+;/m1./s1/i;1+1. The third kappa shape index (κ3) is 38.7. The first-order valence-corrected chi connectivity index (χ1v) is 39.6. The summed E-state index contributed by atoms with van der Waals surface area (Å²) >= 11 is 0. The number of carbonyl (C=O) groups is 19. The number of amides is 18. The molecular formula is C76H118N22O23Tc. The summed E-state index contributed by atoms with van der Waals surface area (Å²) in [6.45, 7) is 10.8. The third-order valence-electron chi connectivity index (χ3n) is 18.7. The van der Waals surface area contributed by atoms with Gasteiger partial charge in [0.25, 0.3) is 5.91 Å². The molecule has 46 heteroatoms. The number of benzene rings is 1. The summed E-state index contributed by atoms with van der Waals surface area (Å²) in [6.07, 6.45) is -4.17. The zero-order chi connectivity index (χ0) is 90.9. The molecule has 2 heterocycles. The molecule has 1 aliphatic heterocycles. The van der Waals surface area contributed by atoms with E-state index in [-0.39, 0.29) is 114 Å². The Bertz CT molecular complexity index is 3940. The number of aromatic hydroxyl groups is 1. The second-order valence-electron chi connectivity index (χ2n) is 30.3. The van der Waals surface area contributed by atoms with E-state index >= 15 is 0 Å². The van der Waals surface area contributed by atoms with Crippen LogP contribution >= 0.6 is 0 Å². The molecule has 0 spiro atoms. The third-order valence-corrected chi connectivity index (χ3v) is 18.7. The van der Waals surface area contributed by atoms with Gasteiger partial charge in [0.1, 0.15) is 78.3 Å². The van der Waals surface area contributed by atoms with Crippen molar-refractivity contribution >= 4 is 118 Å². The Morgan fingerprint density at radius 1 is 0.533 bits per heavy atom. The van der Waals surface area contributed by atoms with Crippen LogP contribution in [0.3, 0.4) is 0 Å². The van der Waals surface area contributed by atoms with Crippen molar-refractivity contribution in [3.8, 4) is 5.75 Å². The molecule has 677 valence electrons. The number of likely N-dealkylation sites (tertiary alicyclic amines) is 1. The molecule has 1 aliphatic rings. The number of aliphatic hydroxyl groups excluding tert-OH is 2. The Hall–Kier alpha value is -11.8. The minimum Gasteiger partial charge on any atom is -0.508 e. The first-order valence-electron chi connectivity index (χ1n) is 39.6. The first-order chi connectivity index (χ1) is 57.0. The Morgan fingerprint density at radius 2 is 1.01 bits per heavy atom. The molecule has 18 amide bonds. The smallest absolute Gasteiger partial charge is 0.303 e. The fourth-order valence-corrected chi connectivity index (χ4v) is 12.4. The fraction of sp³-hybridized carbons (Fsp3) is 0.605. The van der Waals surface area contributed by atoms with E-state index in [1.807, 2.05) is 0 Å². The molecular weight excluding hydrogens is 1690 g/mol. The van der Waals surface area contributed by atoms with Crippen molar-refractivity contribution in [3.63, 3.8) is 0 Å². The number of carboxylic acids is 1. The Morgan fingerprint density at radius 3 is 1.48 bits per heavy atom. The molecule has 1 aromatic carbocycles. The van der Waals surface area contributed by atoms with E-state index in [2.05, 4.69) is 84.5 Å². The van der Waals surface area contributed by atoms with Crippen molar-refractivity contribution in [3.05, 3.63) is 53.7 Å². The summed E-state index contributed by atoms with van der Waals surface area (Å²) in [5.41, 5.74) is 29.3. The van der Waals surface area contributed by atoms with Gasteiger partial charge in [-0.2, -0.15) is 0 Å². The molecule has 122 heavy (non-hydrogen) atoms. The van der Waals surface area contributed by atoms with E-state index in [4.69, 9.17) is 28.5 Å². The fourth-order valence-electron chi connectivity index (χ4n) is 12.4. The Labute approximate surface area is 717 Å². The van der Waals surface area contributed by atoms with Gasteiger partial charge in [-0.05, 0) is 132 Å². The van der Waals surface area contributed by atoms with Crippen molar-refractivity contribution in [2.75, 3.05) is 39.3 Å². The zero-order valence-electron chi connectivity index (χ0n) is 69.4. The predicted octanol–water partition coefficient (Wildman–Crippen LogP) is -6.09. The number of phenolic OH excluding ortho intramolecular Hbond substituents is 1. The van der Waals surface area contributed by atoms with Crippen LogP contribution in [0.15, 0.2) is 47.7 Å². The average Bonchev–Trinajstić information content (AvgIpc) is 1.60. The molecule has 0 unspecified atom stereocenters. The number of nitrogens with zero attached hydrogens (tertiary/aromatic N) is 3. The van der Waals surface area contributed by atoms with E-state index in [1.165, 1.54) is 56.4 Å². The van der Waals surface area contributed by atoms with Crippen LogP contribution in [-0.2, 0) is 113 Å². The molecule has 0 saturated carbocycles. The Balaban J connectivity index is 0.0000504. The van der Waals surface area contributed by atoms with Gasteiger partial charge in [0.2, 0.25) is 100 Å². The van der Waals surface area contributed by atoms with Crippen LogP contribution in [0.5, 0.6) is 5.75 Å². The molecule has 2 aromatic rings. The van der Waals surface area contributed by atoms with Gasteiger partial charge in [0.15, 0.2) is 5.82 Å². The summed E-state index contributed by atoms with van der Waals surface area (Å²) in [5, 5.41) is 79.4. The number of hydrogen-bond acceptors (Lipinski definition) is 26. The predicted molar refractivity (Wildman–Crippen MR) is 428 cm³/mol. The Kier molecular flexibility index (Phi) is 47.5. The molecule has 1 aromatic heterocycles. The number of nitrogens with two attached hydrogens (primary N) is 4. The second-order valence-corrected chi connectivity index (χ2v) is 30.3. The number of aliphatic hydroxyl groups is 2. The van der Waals surface area contributed by atoms with Crippen LogP contribution in [0.4, 0.5) is 5.82 Å². The van der Waals surface area contributed by atoms with Gasteiger partial charge >= 0.3 is 5.97 Å². The number of aromatic nitrogens is 1. The maximum absolute atomic E-state index is 14.7. The van der Waals surface area contributed by atoms with Crippen molar-refractivity contribution < 1.29 is 132 Å². The molecule has 1 radical (unpaired) electrons. The molecule has 27 N–H and O–H groups in total. The van der Waals surface area contributed by atoms with Crippen molar-refractivity contribution in [2.45, 2.75) is 237 Å². The topological polar surface area (TPSA) is 730 Å². The van der Waals surface area contributed by atoms with Crippen LogP contribution in [-0.4, -0.2) is 261 Å². The van der Waals surface area contributed by atoms with E-state index in [9.17, 15) is 112 Å². The van der Waals surface area contributed by atoms with Crippen LogP contribution in [0.1, 0.15) is 168 Å². The van der Waals surface area contributed by atoms with E-state index in [0.29, 0.717) is 24.8 Å². The summed E-state index contributed by atoms with van der Waals surface area (Å²) in [4.78, 5) is 260. The number of nitrogens with one attached hydrogen (secondary N) is 15. The summed E-state index contributed by atoms with van der Waals surface area (Å²) in [7, 11) is 0. The van der Waals surface area contributed by atoms with Gasteiger partial charge in [-0.3, -0.25) is 91.1 Å². The second kappa shape index (κ2) is 54.5. The summed E-state index contributed by atoms with van der Waals surface area (Å²) < 4.78 is 0. The number of pyridine rings is 1. The van der Waals surface area contributed by atoms with Gasteiger partial charge in [-0.1, -0.05) is 53.7 Å². The average molecular weight is 1810 g/mol. The molecule has 0 aliphatic carbocycles. The van der Waals surface area contributed by atoms with E-state index in [0.717, 1.165) is 18.7 Å². The maximum Gasteiger partial charge on any atom is 0.303 e. The van der Waals surface area contributed by atoms with E-state index < -0.39 is 255 Å². The minimum absolute atomic E-state index is 0. The SMILES string of the molecule is CC(=O)N[C@@H](CC(N)=O)C(=O)N[C@@H](CCC(N)=O)C(=O)N[C@@H](CCC(=O)O)C(=O)N[C@@H](CCC(N)=O)C(=O)N[C@H](C(=O)N[C@@H](CO)C(=O)N1CCC[C@H]1C(=O)N[C@@H](Cc1ccc(O)cc1)C(=O)N[C@H](C(=O)N[C@@H](CC(C)C)C(=O)N[C@@H](CC(C)C)C(=O)N[C@@H](CCCCN)C(=O)NCC(=O)NCCCNC(=O)c1ccc(N=N)nc1)[C@@H](C)O)C(C)C.[99Tc]. The quantitative estimate of drug-likeness (QED) is 0.0216. The number of primary amides is 3. The number of carboxylic acid groups (broad SMARTS) is 1. The number of carbonyl (C=O) groups excluding carboxylic acids is 18. The maximum atomic E-state index is 14.7. The van der Waals surface area contributed by atoms with Crippen LogP contribution in [0, 0.1) is 23.3 Å². The van der Waals surface area contributed by atoms with Crippen molar-refractivity contribution in [1.29, 1.82) is 5.53 Å². The number of hydrogen-bond donors (Lipinski definition) is 23. The van der Waals surface area contributed by atoms with Gasteiger partial charge in [0.05, 0.1) is 31.2 Å². The summed E-state index contributed by atoms with van der Waals surface area (Å²) in [6, 6.07) is -11.3. The molecule has 45 nitrogen and oxygen atoms in total. The van der Waals surface area contributed by atoms with Gasteiger partial charge in [-0.15, -0.1) is 5.11 Å². The summed E-state index contributed by atoms with van der Waals surface area (Å²) in [5.74, 6) is -20.4. The normalized spacial score (nSPS) is 15.2. The van der Waals surface area contributed by atoms with Crippen molar-refractivity contribution in [1.82, 2.24) is 84.3 Å². The minimum atomic E-state index is -1.88. The van der Waals surface area contributed by atoms with Gasteiger partial charge < -0.3 is 123 Å². The molecule has 0 bridgehead atoms. The van der Waals surface area contributed by atoms with Crippen molar-refractivity contribution in [2.24, 2.45) is 45.8 Å². The largest absolute Gasteiger partial charge is 0.508 e. The van der Waals surface area contributed by atoms with E-state index in [1.54, 1.807) is 27.7 Å². The number of phenols is 1. The number of aliphatic carboxylic acids is 1. The number of rotatable bonds is 55. The molecule has 3 rings (SSSR count). The van der Waals surface area contributed by atoms with Gasteiger partial charge in [0, 0.05) is 78.5 Å². The van der Waals surface area contributed by atoms with Crippen LogP contribution in [0.25, 0.3) is 0 Å². The van der Waals surface area contributed by atoms with Crippen LogP contribution in [0.2, 0.25) is 0 Å². The van der Waals surface area contributed by atoms with Crippen LogP contribution < -0.4 is 97.4 Å². The first kappa shape index (κ1) is 106. The molecule has 1 fully saturated rings. The van der Waals surface area contributed by atoms with Gasteiger partial charge in [-0.25, -0.2) is 10.5 Å². The molecule has 13 atom stereocenters.